The number of likely N-dealkylation sites (tertiary alicyclic amines) is 1. The Morgan fingerprint density at radius 3 is 2.72 bits per heavy atom. The summed E-state index contributed by atoms with van der Waals surface area (Å²) >= 11 is 0. The molecule has 1 aliphatic heterocycles. The Labute approximate surface area is 207 Å². The van der Waals surface area contributed by atoms with Gasteiger partial charge in [0.05, 0.1) is 25.8 Å². The van der Waals surface area contributed by atoms with Gasteiger partial charge in [-0.1, -0.05) is 0 Å². The number of ether oxygens (including phenoxy) is 3. The predicted octanol–water partition coefficient (Wildman–Crippen LogP) is 3.71. The monoisotopic (exact) mass is 508 g/mol. The van der Waals surface area contributed by atoms with Crippen molar-refractivity contribution < 1.29 is 37.0 Å². The molecule has 2 heterocycles. The Morgan fingerprint density at radius 1 is 1.28 bits per heavy atom. The first-order valence-corrected chi connectivity index (χ1v) is 11.9. The maximum atomic E-state index is 13.0. The van der Waals surface area contributed by atoms with E-state index in [-0.39, 0.29) is 41.4 Å². The number of carbonyl (C=O) groups excluding carboxylic acids is 2. The number of hydrogen-bond acceptors (Lipinski definition) is 8. The molecule has 0 spiro atoms. The fraction of sp³-hybridized carbons (Fsp3) is 0.542. The molecule has 2 amide bonds. The first kappa shape index (κ1) is 25.7. The van der Waals surface area contributed by atoms with E-state index >= 15 is 0 Å². The maximum Gasteiger partial charge on any atom is 0.409 e. The van der Waals surface area contributed by atoms with Crippen LogP contribution in [0.5, 0.6) is 11.5 Å². The molecule has 12 heteroatoms. The van der Waals surface area contributed by atoms with E-state index < -0.39 is 24.7 Å². The second-order valence-electron chi connectivity index (χ2n) is 8.98. The van der Waals surface area contributed by atoms with Crippen molar-refractivity contribution in [2.45, 2.75) is 51.3 Å². The summed E-state index contributed by atoms with van der Waals surface area (Å²) in [5.74, 6) is 0.187. The zero-order valence-electron chi connectivity index (χ0n) is 20.2. The summed E-state index contributed by atoms with van der Waals surface area (Å²) in [6, 6.07) is 3.50. The minimum atomic E-state index is -3.00. The summed E-state index contributed by atoms with van der Waals surface area (Å²) in [7, 11) is 1.32. The van der Waals surface area contributed by atoms with Gasteiger partial charge in [0.15, 0.2) is 23.0 Å². The lowest BCUT2D eigenvalue weighted by Crippen LogP contribution is -2.43. The van der Waals surface area contributed by atoms with Crippen LogP contribution in [0.3, 0.4) is 0 Å². The van der Waals surface area contributed by atoms with E-state index in [0.29, 0.717) is 24.6 Å². The number of hydrogen-bond donors (Lipinski definition) is 2. The molecule has 0 bridgehead atoms. The Bertz CT molecular complexity index is 1090. The highest BCUT2D eigenvalue weighted by molar-refractivity contribution is 5.94. The summed E-state index contributed by atoms with van der Waals surface area (Å²) in [6.07, 6.45) is 3.16. The fourth-order valence-electron chi connectivity index (χ4n) is 4.07. The Balaban J connectivity index is 1.53. The molecular weight excluding hydrogens is 478 g/mol. The van der Waals surface area contributed by atoms with Gasteiger partial charge in [0.1, 0.15) is 0 Å². The molecular formula is C24H30F2N4O6. The average molecular weight is 509 g/mol. The van der Waals surface area contributed by atoms with Gasteiger partial charge in [-0.25, -0.2) is 9.78 Å². The number of nitrogens with one attached hydrogen (secondary N) is 1. The van der Waals surface area contributed by atoms with Gasteiger partial charge < -0.3 is 34.6 Å². The van der Waals surface area contributed by atoms with Crippen LogP contribution < -0.4 is 20.5 Å². The Morgan fingerprint density at radius 2 is 2.06 bits per heavy atom. The first-order chi connectivity index (χ1) is 17.3. The van der Waals surface area contributed by atoms with Crippen molar-refractivity contribution in [2.75, 3.05) is 26.8 Å². The standard InChI is InChI=1S/C24H30F2N4O6/c1-13(27)20-19(21(31)28-11-16-4-3-9-30(16)24(32)33-2)29-22(36-20)15-7-8-17(35-23(25)26)18(10-15)34-12-14-5-6-14/h7-8,10,13-14,16,23H,3-6,9,11-12,27H2,1-2H3,(H,28,31)/t13-,16?/m0/s1. The van der Waals surface area contributed by atoms with Crippen LogP contribution in [-0.4, -0.2) is 61.3 Å². The second-order valence-corrected chi connectivity index (χ2v) is 8.98. The fourth-order valence-corrected chi connectivity index (χ4v) is 4.07. The SMILES string of the molecule is COC(=O)N1CCCC1CNC(=O)c1nc(-c2ccc(OC(F)F)c(OCC3CC3)c2)oc1[C@H](C)N. The molecule has 10 nitrogen and oxygen atoms in total. The van der Waals surface area contributed by atoms with Crippen LogP contribution in [0.15, 0.2) is 22.6 Å². The number of aromatic nitrogens is 1. The van der Waals surface area contributed by atoms with Crippen molar-refractivity contribution in [1.29, 1.82) is 0 Å². The van der Waals surface area contributed by atoms with Gasteiger partial charge in [0.2, 0.25) is 5.89 Å². The molecule has 0 radical (unpaired) electrons. The number of alkyl halides is 2. The topological polar surface area (TPSA) is 129 Å². The van der Waals surface area contributed by atoms with Crippen LogP contribution in [0, 0.1) is 5.92 Å². The van der Waals surface area contributed by atoms with Crippen molar-refractivity contribution >= 4 is 12.0 Å². The molecule has 2 fully saturated rings. The van der Waals surface area contributed by atoms with E-state index in [0.717, 1.165) is 25.7 Å². The summed E-state index contributed by atoms with van der Waals surface area (Å²) in [4.78, 5) is 30.8. The van der Waals surface area contributed by atoms with Crippen LogP contribution in [0.4, 0.5) is 13.6 Å². The molecule has 196 valence electrons. The lowest BCUT2D eigenvalue weighted by atomic mass is 10.2. The van der Waals surface area contributed by atoms with Gasteiger partial charge in [-0.05, 0) is 56.7 Å². The minimum absolute atomic E-state index is 0.0102. The smallest absolute Gasteiger partial charge is 0.409 e. The Kier molecular flexibility index (Phi) is 7.92. The van der Waals surface area contributed by atoms with Crippen molar-refractivity contribution in [2.24, 2.45) is 11.7 Å². The Hall–Kier alpha value is -3.41. The highest BCUT2D eigenvalue weighted by atomic mass is 19.3. The highest BCUT2D eigenvalue weighted by Crippen LogP contribution is 2.37. The molecule has 3 N–H and O–H groups in total. The lowest BCUT2D eigenvalue weighted by molar-refractivity contribution is -0.0515. The molecule has 1 saturated heterocycles. The van der Waals surface area contributed by atoms with E-state index in [1.807, 2.05) is 0 Å². The normalized spacial score (nSPS) is 18.3. The molecule has 4 rings (SSSR count). The van der Waals surface area contributed by atoms with E-state index in [1.165, 1.54) is 25.3 Å². The number of oxazole rings is 1. The van der Waals surface area contributed by atoms with Crippen LogP contribution in [0.25, 0.3) is 11.5 Å². The lowest BCUT2D eigenvalue weighted by Gasteiger charge is -2.23. The third kappa shape index (κ3) is 6.04. The van der Waals surface area contributed by atoms with Crippen molar-refractivity contribution in [3.05, 3.63) is 29.7 Å². The molecule has 1 saturated carbocycles. The molecule has 2 aromatic rings. The van der Waals surface area contributed by atoms with Gasteiger partial charge in [0.25, 0.3) is 5.91 Å². The largest absolute Gasteiger partial charge is 0.489 e. The zero-order valence-corrected chi connectivity index (χ0v) is 20.2. The molecule has 36 heavy (non-hydrogen) atoms. The zero-order chi connectivity index (χ0) is 25.8. The number of carbonyl (C=O) groups is 2. The van der Waals surface area contributed by atoms with Crippen LogP contribution in [-0.2, 0) is 4.74 Å². The quantitative estimate of drug-likeness (QED) is 0.497. The van der Waals surface area contributed by atoms with Crippen LogP contribution in [0.2, 0.25) is 0 Å². The second kappa shape index (κ2) is 11.1. The predicted molar refractivity (Wildman–Crippen MR) is 124 cm³/mol. The average Bonchev–Trinajstić information content (AvgIpc) is 3.37. The highest BCUT2D eigenvalue weighted by Gasteiger charge is 2.31. The molecule has 1 unspecified atom stereocenters. The van der Waals surface area contributed by atoms with Gasteiger partial charge in [-0.3, -0.25) is 4.79 Å². The van der Waals surface area contributed by atoms with E-state index in [1.54, 1.807) is 11.8 Å². The minimum Gasteiger partial charge on any atom is -0.489 e. The number of benzene rings is 1. The van der Waals surface area contributed by atoms with Crippen molar-refractivity contribution in [1.82, 2.24) is 15.2 Å². The van der Waals surface area contributed by atoms with Crippen molar-refractivity contribution in [3.8, 4) is 23.0 Å². The number of methoxy groups -OCH3 is 1. The van der Waals surface area contributed by atoms with Gasteiger partial charge in [-0.15, -0.1) is 0 Å². The molecule has 2 aliphatic rings. The summed E-state index contributed by atoms with van der Waals surface area (Å²) in [5.41, 5.74) is 6.45. The summed E-state index contributed by atoms with van der Waals surface area (Å²) in [6.45, 7) is -0.190. The third-order valence-corrected chi connectivity index (χ3v) is 6.14. The van der Waals surface area contributed by atoms with E-state index in [2.05, 4.69) is 15.0 Å². The first-order valence-electron chi connectivity index (χ1n) is 11.9. The van der Waals surface area contributed by atoms with Crippen molar-refractivity contribution in [3.63, 3.8) is 0 Å². The summed E-state index contributed by atoms with van der Waals surface area (Å²) in [5, 5.41) is 2.80. The van der Waals surface area contributed by atoms with Crippen LogP contribution >= 0.6 is 0 Å². The number of rotatable bonds is 10. The van der Waals surface area contributed by atoms with E-state index in [4.69, 9.17) is 19.6 Å². The van der Waals surface area contributed by atoms with Gasteiger partial charge >= 0.3 is 12.7 Å². The number of nitrogens with two attached hydrogens (primary N) is 1. The number of amides is 2. The van der Waals surface area contributed by atoms with Gasteiger partial charge in [-0.2, -0.15) is 8.78 Å². The van der Waals surface area contributed by atoms with Gasteiger partial charge in [0, 0.05) is 18.7 Å². The third-order valence-electron chi connectivity index (χ3n) is 6.14. The molecule has 1 aliphatic carbocycles. The summed E-state index contributed by atoms with van der Waals surface area (Å²) < 4.78 is 46.6. The van der Waals surface area contributed by atoms with E-state index in [9.17, 15) is 18.4 Å². The number of halogens is 2. The maximum absolute atomic E-state index is 13.0. The molecule has 2 atom stereocenters. The van der Waals surface area contributed by atoms with Crippen LogP contribution in [0.1, 0.15) is 54.9 Å². The molecule has 1 aromatic heterocycles. The molecule has 1 aromatic carbocycles. The number of nitrogens with zero attached hydrogens (tertiary/aromatic N) is 2.